The zero-order valence-corrected chi connectivity index (χ0v) is 12.2. The summed E-state index contributed by atoms with van der Waals surface area (Å²) in [6.07, 6.45) is 1.04. The van der Waals surface area contributed by atoms with E-state index in [1.165, 1.54) is 0 Å². The molecule has 0 fully saturated rings. The topological polar surface area (TPSA) is 91.4 Å². The molecule has 1 aromatic heterocycles. The predicted octanol–water partition coefficient (Wildman–Crippen LogP) is 3.14. The lowest BCUT2D eigenvalue weighted by Crippen LogP contribution is -2.27. The molecule has 6 nitrogen and oxygen atoms in total. The molecule has 0 atom stereocenters. The molecule has 0 radical (unpaired) electrons. The number of benzene rings is 1. The first-order chi connectivity index (χ1) is 9.74. The van der Waals surface area contributed by atoms with Crippen molar-refractivity contribution in [2.45, 2.75) is 32.8 Å². The Morgan fingerprint density at radius 1 is 1.33 bits per heavy atom. The molecule has 1 amide bonds. The first-order valence-corrected chi connectivity index (χ1v) is 6.56. The first-order valence-electron chi connectivity index (χ1n) is 6.56. The van der Waals surface area contributed by atoms with E-state index in [2.05, 4.69) is 10.3 Å². The highest BCUT2D eigenvalue weighted by molar-refractivity contribution is 6.00. The molecule has 0 spiro atoms. The van der Waals surface area contributed by atoms with Gasteiger partial charge in [-0.05, 0) is 38.5 Å². The minimum absolute atomic E-state index is 0.0625. The van der Waals surface area contributed by atoms with E-state index in [9.17, 15) is 9.59 Å². The van der Waals surface area contributed by atoms with Crippen molar-refractivity contribution in [1.82, 2.24) is 4.98 Å². The van der Waals surface area contributed by atoms with Crippen molar-refractivity contribution >= 4 is 28.7 Å². The third-order valence-electron chi connectivity index (χ3n) is 2.74. The monoisotopic (exact) mass is 290 g/mol. The molecule has 6 heteroatoms. The number of ether oxygens (including phenoxy) is 1. The Kier molecular flexibility index (Phi) is 3.88. The van der Waals surface area contributed by atoms with Crippen molar-refractivity contribution in [3.8, 4) is 0 Å². The van der Waals surface area contributed by atoms with Crippen LogP contribution in [0.25, 0.3) is 10.9 Å². The Morgan fingerprint density at radius 3 is 2.67 bits per heavy atom. The number of carboxylic acid groups (broad SMARTS) is 1. The highest BCUT2D eigenvalue weighted by atomic mass is 16.6. The van der Waals surface area contributed by atoms with Crippen LogP contribution in [-0.2, 0) is 16.0 Å². The summed E-state index contributed by atoms with van der Waals surface area (Å²) < 4.78 is 5.20. The standard InChI is InChI=1S/C15H18N2O4/c1-15(2,3)21-14(20)17-12-8-16-11-5-4-9(6-10(11)12)7-13(18)19/h4-6,8,16H,7H2,1-3H3,(H,17,20)(H,18,19). The maximum absolute atomic E-state index is 11.8. The number of carbonyl (C=O) groups excluding carboxylic acids is 1. The molecule has 112 valence electrons. The highest BCUT2D eigenvalue weighted by Gasteiger charge is 2.17. The number of H-pyrrole nitrogens is 1. The van der Waals surface area contributed by atoms with E-state index in [-0.39, 0.29) is 6.42 Å². The van der Waals surface area contributed by atoms with Crippen molar-refractivity contribution in [2.75, 3.05) is 5.32 Å². The van der Waals surface area contributed by atoms with Gasteiger partial charge in [0.2, 0.25) is 0 Å². The zero-order chi connectivity index (χ0) is 15.6. The van der Waals surface area contributed by atoms with Gasteiger partial charge < -0.3 is 14.8 Å². The van der Waals surface area contributed by atoms with Gasteiger partial charge in [-0.3, -0.25) is 10.1 Å². The second-order valence-corrected chi connectivity index (χ2v) is 5.78. The van der Waals surface area contributed by atoms with Crippen LogP contribution in [0.2, 0.25) is 0 Å². The van der Waals surface area contributed by atoms with Crippen LogP contribution in [0, 0.1) is 0 Å². The van der Waals surface area contributed by atoms with Crippen molar-refractivity contribution in [3.05, 3.63) is 30.0 Å². The summed E-state index contributed by atoms with van der Waals surface area (Å²) in [6.45, 7) is 5.35. The molecule has 0 unspecified atom stereocenters. The summed E-state index contributed by atoms with van der Waals surface area (Å²) >= 11 is 0. The van der Waals surface area contributed by atoms with Crippen LogP contribution in [0.1, 0.15) is 26.3 Å². The Hall–Kier alpha value is -2.50. The molecular formula is C15H18N2O4. The minimum atomic E-state index is -0.897. The van der Waals surface area contributed by atoms with Gasteiger partial charge in [-0.2, -0.15) is 0 Å². The normalized spacial score (nSPS) is 11.4. The van der Waals surface area contributed by atoms with Crippen LogP contribution in [-0.4, -0.2) is 27.8 Å². The summed E-state index contributed by atoms with van der Waals surface area (Å²) in [5.41, 5.74) is 1.47. The van der Waals surface area contributed by atoms with Gasteiger partial charge in [0, 0.05) is 17.1 Å². The Bertz CT molecular complexity index is 683. The van der Waals surface area contributed by atoms with Crippen LogP contribution in [0.3, 0.4) is 0 Å². The maximum atomic E-state index is 11.8. The highest BCUT2D eigenvalue weighted by Crippen LogP contribution is 2.25. The number of carbonyl (C=O) groups is 2. The fourth-order valence-electron chi connectivity index (χ4n) is 1.97. The number of carboxylic acids is 1. The van der Waals surface area contributed by atoms with E-state index < -0.39 is 17.7 Å². The number of nitrogens with one attached hydrogen (secondary N) is 2. The van der Waals surface area contributed by atoms with E-state index in [4.69, 9.17) is 9.84 Å². The number of aromatic nitrogens is 1. The quantitative estimate of drug-likeness (QED) is 0.809. The van der Waals surface area contributed by atoms with Gasteiger partial charge in [-0.25, -0.2) is 4.79 Å². The molecule has 2 rings (SSSR count). The van der Waals surface area contributed by atoms with Gasteiger partial charge in [0.05, 0.1) is 12.1 Å². The summed E-state index contributed by atoms with van der Waals surface area (Å²) in [4.78, 5) is 25.6. The lowest BCUT2D eigenvalue weighted by atomic mass is 10.1. The summed E-state index contributed by atoms with van der Waals surface area (Å²) in [6, 6.07) is 5.27. The maximum Gasteiger partial charge on any atom is 0.412 e. The van der Waals surface area contributed by atoms with Crippen LogP contribution in [0.15, 0.2) is 24.4 Å². The molecule has 0 aliphatic rings. The number of aromatic amines is 1. The Morgan fingerprint density at radius 2 is 2.05 bits per heavy atom. The molecule has 21 heavy (non-hydrogen) atoms. The number of rotatable bonds is 3. The van der Waals surface area contributed by atoms with Crippen molar-refractivity contribution in [2.24, 2.45) is 0 Å². The molecule has 0 aliphatic carbocycles. The lowest BCUT2D eigenvalue weighted by molar-refractivity contribution is -0.136. The third-order valence-corrected chi connectivity index (χ3v) is 2.74. The molecule has 0 aliphatic heterocycles. The van der Waals surface area contributed by atoms with Crippen LogP contribution in [0.4, 0.5) is 10.5 Å². The first kappa shape index (κ1) is 14.9. The fourth-order valence-corrected chi connectivity index (χ4v) is 1.97. The largest absolute Gasteiger partial charge is 0.481 e. The fraction of sp³-hybridized carbons (Fsp3) is 0.333. The van der Waals surface area contributed by atoms with Crippen molar-refractivity contribution in [3.63, 3.8) is 0 Å². The number of hydrogen-bond acceptors (Lipinski definition) is 3. The third kappa shape index (κ3) is 3.98. The van der Waals surface area contributed by atoms with Gasteiger partial charge >= 0.3 is 12.1 Å². The Labute approximate surface area is 122 Å². The number of anilines is 1. The number of amides is 1. The molecule has 1 aromatic carbocycles. The van der Waals surface area contributed by atoms with Gasteiger partial charge in [-0.15, -0.1) is 0 Å². The molecule has 0 saturated carbocycles. The van der Waals surface area contributed by atoms with Gasteiger partial charge in [-0.1, -0.05) is 6.07 Å². The van der Waals surface area contributed by atoms with Gasteiger partial charge in [0.15, 0.2) is 0 Å². The average molecular weight is 290 g/mol. The van der Waals surface area contributed by atoms with E-state index in [0.717, 1.165) is 10.9 Å². The van der Waals surface area contributed by atoms with E-state index in [0.29, 0.717) is 11.3 Å². The van der Waals surface area contributed by atoms with Crippen molar-refractivity contribution < 1.29 is 19.4 Å². The molecule has 1 heterocycles. The van der Waals surface area contributed by atoms with E-state index in [1.807, 2.05) is 0 Å². The molecule has 2 aromatic rings. The lowest BCUT2D eigenvalue weighted by Gasteiger charge is -2.19. The van der Waals surface area contributed by atoms with Crippen LogP contribution >= 0.6 is 0 Å². The second-order valence-electron chi connectivity index (χ2n) is 5.78. The van der Waals surface area contributed by atoms with E-state index in [1.54, 1.807) is 45.2 Å². The minimum Gasteiger partial charge on any atom is -0.481 e. The Balaban J connectivity index is 2.23. The number of fused-ring (bicyclic) bond motifs is 1. The van der Waals surface area contributed by atoms with Crippen LogP contribution in [0.5, 0.6) is 0 Å². The molecule has 0 saturated heterocycles. The molecule has 3 N–H and O–H groups in total. The van der Waals surface area contributed by atoms with Gasteiger partial charge in [0.1, 0.15) is 5.60 Å². The summed E-state index contributed by atoms with van der Waals surface area (Å²) in [5, 5.41) is 12.2. The summed E-state index contributed by atoms with van der Waals surface area (Å²) in [5.74, 6) is -0.897. The SMILES string of the molecule is CC(C)(C)OC(=O)Nc1c[nH]c2ccc(CC(=O)O)cc12. The zero-order valence-electron chi connectivity index (χ0n) is 12.2. The van der Waals surface area contributed by atoms with Crippen LogP contribution < -0.4 is 5.32 Å². The van der Waals surface area contributed by atoms with Crippen molar-refractivity contribution in [1.29, 1.82) is 0 Å². The van der Waals surface area contributed by atoms with Gasteiger partial charge in [0.25, 0.3) is 0 Å². The predicted molar refractivity (Wildman–Crippen MR) is 79.5 cm³/mol. The molecule has 0 bridgehead atoms. The number of aliphatic carboxylic acids is 1. The summed E-state index contributed by atoms with van der Waals surface area (Å²) in [7, 11) is 0. The average Bonchev–Trinajstić information content (AvgIpc) is 2.68. The second kappa shape index (κ2) is 5.47. The van der Waals surface area contributed by atoms with E-state index >= 15 is 0 Å². The smallest absolute Gasteiger partial charge is 0.412 e. The molecular weight excluding hydrogens is 272 g/mol. The number of hydrogen-bond donors (Lipinski definition) is 3.